The molecular formula is C15H24N2. The fourth-order valence-corrected chi connectivity index (χ4v) is 3.01. The molecule has 1 heterocycles. The van der Waals surface area contributed by atoms with Crippen molar-refractivity contribution in [3.05, 3.63) is 29.3 Å². The molecule has 0 aliphatic carbocycles. The molecule has 1 aromatic carbocycles. The first kappa shape index (κ1) is 12.4. The van der Waals surface area contributed by atoms with Gasteiger partial charge >= 0.3 is 0 Å². The Hall–Kier alpha value is -1.02. The van der Waals surface area contributed by atoms with Gasteiger partial charge in [-0.25, -0.2) is 0 Å². The molecule has 94 valence electrons. The Morgan fingerprint density at radius 2 is 2.12 bits per heavy atom. The van der Waals surface area contributed by atoms with Crippen molar-refractivity contribution in [2.24, 2.45) is 5.73 Å². The Labute approximate surface area is 105 Å². The Balaban J connectivity index is 2.29. The summed E-state index contributed by atoms with van der Waals surface area (Å²) in [5.74, 6) is 0. The Morgan fingerprint density at radius 3 is 2.71 bits per heavy atom. The van der Waals surface area contributed by atoms with Gasteiger partial charge in [0.05, 0.1) is 0 Å². The zero-order valence-corrected chi connectivity index (χ0v) is 11.2. The lowest BCUT2D eigenvalue weighted by atomic mass is 10.1. The minimum absolute atomic E-state index is 0.638. The quantitative estimate of drug-likeness (QED) is 0.867. The van der Waals surface area contributed by atoms with E-state index in [1.165, 1.54) is 36.1 Å². The molecule has 1 aliphatic heterocycles. The Morgan fingerprint density at radius 1 is 1.35 bits per heavy atom. The number of benzene rings is 1. The third kappa shape index (κ3) is 2.32. The van der Waals surface area contributed by atoms with E-state index in [2.05, 4.69) is 43.9 Å². The van der Waals surface area contributed by atoms with Crippen LogP contribution in [-0.2, 0) is 6.54 Å². The Bertz CT molecular complexity index is 387. The third-order valence-corrected chi connectivity index (χ3v) is 4.10. The number of nitrogens with zero attached hydrogens (tertiary/aromatic N) is 1. The average molecular weight is 232 g/mol. The molecule has 1 fully saturated rings. The van der Waals surface area contributed by atoms with E-state index < -0.39 is 0 Å². The molecular weight excluding hydrogens is 208 g/mol. The van der Waals surface area contributed by atoms with Crippen LogP contribution in [0, 0.1) is 6.92 Å². The van der Waals surface area contributed by atoms with E-state index in [1.807, 2.05) is 0 Å². The first-order valence-electron chi connectivity index (χ1n) is 6.75. The molecule has 2 N–H and O–H groups in total. The van der Waals surface area contributed by atoms with Crippen molar-refractivity contribution in [1.82, 2.24) is 0 Å². The predicted molar refractivity (Wildman–Crippen MR) is 74.3 cm³/mol. The average Bonchev–Trinajstić information content (AvgIpc) is 2.70. The summed E-state index contributed by atoms with van der Waals surface area (Å²) in [6.07, 6.45) is 3.88. The van der Waals surface area contributed by atoms with E-state index in [1.54, 1.807) is 0 Å². The van der Waals surface area contributed by atoms with Gasteiger partial charge in [-0.05, 0) is 56.4 Å². The molecule has 1 aliphatic rings. The SMILES string of the molecule is CCC1CCC(C)N1c1ccc(CN)c(C)c1. The zero-order valence-electron chi connectivity index (χ0n) is 11.2. The van der Waals surface area contributed by atoms with Crippen LogP contribution in [0.2, 0.25) is 0 Å². The highest BCUT2D eigenvalue weighted by Gasteiger charge is 2.29. The second-order valence-corrected chi connectivity index (χ2v) is 5.21. The van der Waals surface area contributed by atoms with Gasteiger partial charge in [-0.15, -0.1) is 0 Å². The largest absolute Gasteiger partial charge is 0.366 e. The number of hydrogen-bond donors (Lipinski definition) is 1. The molecule has 1 saturated heterocycles. The van der Waals surface area contributed by atoms with Gasteiger partial charge in [0, 0.05) is 24.3 Å². The zero-order chi connectivity index (χ0) is 12.4. The first-order valence-corrected chi connectivity index (χ1v) is 6.75. The van der Waals surface area contributed by atoms with Gasteiger partial charge < -0.3 is 10.6 Å². The van der Waals surface area contributed by atoms with Crippen molar-refractivity contribution in [2.45, 2.75) is 58.7 Å². The van der Waals surface area contributed by atoms with Gasteiger partial charge in [0.2, 0.25) is 0 Å². The fourth-order valence-electron chi connectivity index (χ4n) is 3.01. The molecule has 0 radical (unpaired) electrons. The van der Waals surface area contributed by atoms with Crippen LogP contribution in [-0.4, -0.2) is 12.1 Å². The van der Waals surface area contributed by atoms with Crippen molar-refractivity contribution in [3.63, 3.8) is 0 Å². The van der Waals surface area contributed by atoms with E-state index >= 15 is 0 Å². The molecule has 2 nitrogen and oxygen atoms in total. The first-order chi connectivity index (χ1) is 8.17. The smallest absolute Gasteiger partial charge is 0.0373 e. The highest BCUT2D eigenvalue weighted by molar-refractivity contribution is 5.53. The van der Waals surface area contributed by atoms with Crippen molar-refractivity contribution in [3.8, 4) is 0 Å². The maximum atomic E-state index is 5.72. The molecule has 0 bridgehead atoms. The number of anilines is 1. The second kappa shape index (κ2) is 5.09. The van der Waals surface area contributed by atoms with E-state index in [9.17, 15) is 0 Å². The summed E-state index contributed by atoms with van der Waals surface area (Å²) >= 11 is 0. The molecule has 0 amide bonds. The number of hydrogen-bond acceptors (Lipinski definition) is 2. The topological polar surface area (TPSA) is 29.3 Å². The van der Waals surface area contributed by atoms with Crippen LogP contribution in [0.4, 0.5) is 5.69 Å². The van der Waals surface area contributed by atoms with Crippen LogP contribution in [0.3, 0.4) is 0 Å². The summed E-state index contributed by atoms with van der Waals surface area (Å²) in [6.45, 7) is 7.42. The summed E-state index contributed by atoms with van der Waals surface area (Å²) in [7, 11) is 0. The van der Waals surface area contributed by atoms with E-state index in [0.717, 1.165) is 0 Å². The van der Waals surface area contributed by atoms with Crippen LogP contribution >= 0.6 is 0 Å². The van der Waals surface area contributed by atoms with Crippen LogP contribution in [0.1, 0.15) is 44.2 Å². The van der Waals surface area contributed by atoms with E-state index in [0.29, 0.717) is 18.6 Å². The number of nitrogens with two attached hydrogens (primary N) is 1. The lowest BCUT2D eigenvalue weighted by Crippen LogP contribution is -2.34. The normalized spacial score (nSPS) is 24.4. The molecule has 2 rings (SSSR count). The maximum Gasteiger partial charge on any atom is 0.0373 e. The minimum Gasteiger partial charge on any atom is -0.366 e. The van der Waals surface area contributed by atoms with Crippen molar-refractivity contribution in [1.29, 1.82) is 0 Å². The van der Waals surface area contributed by atoms with Crippen LogP contribution in [0.5, 0.6) is 0 Å². The highest BCUT2D eigenvalue weighted by Crippen LogP contribution is 2.32. The molecule has 0 aromatic heterocycles. The predicted octanol–water partition coefficient (Wildman–Crippen LogP) is 3.22. The van der Waals surface area contributed by atoms with Gasteiger partial charge in [0.25, 0.3) is 0 Å². The third-order valence-electron chi connectivity index (χ3n) is 4.10. The maximum absolute atomic E-state index is 5.72. The molecule has 0 saturated carbocycles. The molecule has 17 heavy (non-hydrogen) atoms. The van der Waals surface area contributed by atoms with Gasteiger partial charge in [0.1, 0.15) is 0 Å². The molecule has 2 atom stereocenters. The van der Waals surface area contributed by atoms with Gasteiger partial charge in [-0.1, -0.05) is 13.0 Å². The summed E-state index contributed by atoms with van der Waals surface area (Å²) in [6, 6.07) is 8.10. The minimum atomic E-state index is 0.638. The lowest BCUT2D eigenvalue weighted by molar-refractivity contribution is 0.628. The van der Waals surface area contributed by atoms with Crippen molar-refractivity contribution >= 4 is 5.69 Å². The van der Waals surface area contributed by atoms with Gasteiger partial charge in [-0.2, -0.15) is 0 Å². The van der Waals surface area contributed by atoms with Gasteiger partial charge in [-0.3, -0.25) is 0 Å². The summed E-state index contributed by atoms with van der Waals surface area (Å²) in [4.78, 5) is 2.59. The van der Waals surface area contributed by atoms with E-state index in [4.69, 9.17) is 5.73 Å². The number of rotatable bonds is 3. The summed E-state index contributed by atoms with van der Waals surface area (Å²) in [5, 5.41) is 0. The standard InChI is InChI=1S/C15H24N2/c1-4-14-7-5-12(3)17(14)15-8-6-13(10-16)11(2)9-15/h6,8-9,12,14H,4-5,7,10,16H2,1-3H3. The van der Waals surface area contributed by atoms with Gasteiger partial charge in [0.15, 0.2) is 0 Å². The summed E-state index contributed by atoms with van der Waals surface area (Å²) in [5.41, 5.74) is 9.67. The highest BCUT2D eigenvalue weighted by atomic mass is 15.2. The summed E-state index contributed by atoms with van der Waals surface area (Å²) < 4.78 is 0. The van der Waals surface area contributed by atoms with Crippen molar-refractivity contribution in [2.75, 3.05) is 4.90 Å². The molecule has 0 spiro atoms. The van der Waals surface area contributed by atoms with E-state index in [-0.39, 0.29) is 0 Å². The van der Waals surface area contributed by atoms with Crippen molar-refractivity contribution < 1.29 is 0 Å². The monoisotopic (exact) mass is 232 g/mol. The molecule has 2 unspecified atom stereocenters. The lowest BCUT2D eigenvalue weighted by Gasteiger charge is -2.31. The number of aryl methyl sites for hydroxylation is 1. The molecule has 2 heteroatoms. The Kier molecular flexibility index (Phi) is 3.72. The second-order valence-electron chi connectivity index (χ2n) is 5.21. The molecule has 1 aromatic rings. The fraction of sp³-hybridized carbons (Fsp3) is 0.600. The van der Waals surface area contributed by atoms with Crippen LogP contribution in [0.25, 0.3) is 0 Å². The van der Waals surface area contributed by atoms with Crippen LogP contribution < -0.4 is 10.6 Å². The van der Waals surface area contributed by atoms with Crippen LogP contribution in [0.15, 0.2) is 18.2 Å².